The Morgan fingerprint density at radius 3 is 2.15 bits per heavy atom. The van der Waals surface area contributed by atoms with Gasteiger partial charge in [0.25, 0.3) is 0 Å². The van der Waals surface area contributed by atoms with E-state index in [9.17, 15) is 22.4 Å². The lowest BCUT2D eigenvalue weighted by atomic mass is 9.55. The molecule has 3 aliphatic carbocycles. The Morgan fingerprint density at radius 1 is 0.923 bits per heavy atom. The minimum absolute atomic E-state index is 0.0466. The lowest BCUT2D eigenvalue weighted by molar-refractivity contribution is 0.0565. The maximum atomic E-state index is 13.5. The van der Waals surface area contributed by atoms with Crippen molar-refractivity contribution in [2.75, 3.05) is 5.32 Å². The number of nitrogens with zero attached hydrogens (tertiary/aromatic N) is 1. The van der Waals surface area contributed by atoms with Gasteiger partial charge in [-0.3, -0.25) is 0 Å². The molecular weight excluding hydrogens is 523 g/mol. The third kappa shape index (κ3) is 6.04. The first-order valence-electron chi connectivity index (χ1n) is 13.2. The van der Waals surface area contributed by atoms with Crippen molar-refractivity contribution in [2.24, 2.45) is 0 Å². The molecule has 2 bridgehead atoms. The zero-order valence-corrected chi connectivity index (χ0v) is 23.3. The van der Waals surface area contributed by atoms with E-state index in [0.717, 1.165) is 30.4 Å². The van der Waals surface area contributed by atoms with Crippen LogP contribution in [0.5, 0.6) is 0 Å². The number of hydrogen-bond acceptors (Lipinski definition) is 5. The molecule has 0 saturated heterocycles. The van der Waals surface area contributed by atoms with Crippen LogP contribution in [0.1, 0.15) is 76.0 Å². The standard InChI is InChI=1S/C28H35FN4O5S/c1-26(2,3)38-25(35)31-39(36,37)32-28-13-10-27(11-14-28,12-15-28)21-5-8-23(9-6-21)30-24(34)33-17-19-4-7-22(29)16-20(19)18-33/h4-9,16,32H,10-15,17-18H2,1-3H3,(H,30,34)(H,31,35). The number of halogens is 1. The second kappa shape index (κ2) is 9.78. The second-order valence-corrected chi connectivity index (χ2v) is 13.5. The summed E-state index contributed by atoms with van der Waals surface area (Å²) >= 11 is 0. The summed E-state index contributed by atoms with van der Waals surface area (Å²) in [5, 5.41) is 2.94. The number of nitrogens with one attached hydrogen (secondary N) is 3. The van der Waals surface area contributed by atoms with Gasteiger partial charge in [-0.2, -0.15) is 13.1 Å². The average molecular weight is 559 g/mol. The summed E-state index contributed by atoms with van der Waals surface area (Å²) in [4.78, 5) is 26.4. The number of carbonyl (C=O) groups is 2. The van der Waals surface area contributed by atoms with Gasteiger partial charge in [0.15, 0.2) is 0 Å². The molecule has 210 valence electrons. The summed E-state index contributed by atoms with van der Waals surface area (Å²) in [7, 11) is -4.06. The van der Waals surface area contributed by atoms with E-state index in [1.807, 2.05) is 29.0 Å². The molecule has 0 aromatic heterocycles. The zero-order valence-electron chi connectivity index (χ0n) is 22.5. The minimum atomic E-state index is -4.06. The van der Waals surface area contributed by atoms with E-state index in [2.05, 4.69) is 10.0 Å². The molecule has 1 aliphatic heterocycles. The molecule has 3 saturated carbocycles. The van der Waals surface area contributed by atoms with Crippen LogP contribution >= 0.6 is 0 Å². The fourth-order valence-electron chi connectivity index (χ4n) is 6.11. The van der Waals surface area contributed by atoms with Crippen molar-refractivity contribution >= 4 is 28.0 Å². The molecule has 11 heteroatoms. The van der Waals surface area contributed by atoms with Crippen LogP contribution < -0.4 is 14.8 Å². The van der Waals surface area contributed by atoms with Crippen LogP contribution in [0.4, 0.5) is 19.7 Å². The zero-order chi connectivity index (χ0) is 28.1. The molecule has 0 unspecified atom stereocenters. The summed E-state index contributed by atoms with van der Waals surface area (Å²) in [5.74, 6) is -0.302. The molecule has 3 N–H and O–H groups in total. The summed E-state index contributed by atoms with van der Waals surface area (Å²) in [6.07, 6.45) is 3.44. The Balaban J connectivity index is 1.17. The normalized spacial score (nSPS) is 24.3. The number of ether oxygens (including phenoxy) is 1. The highest BCUT2D eigenvalue weighted by molar-refractivity contribution is 7.88. The summed E-state index contributed by atoms with van der Waals surface area (Å²) in [5.41, 5.74) is 2.21. The molecule has 0 spiro atoms. The predicted octanol–water partition coefficient (Wildman–Crippen LogP) is 5.08. The highest BCUT2D eigenvalue weighted by Crippen LogP contribution is 2.53. The van der Waals surface area contributed by atoms with Gasteiger partial charge in [0.2, 0.25) is 0 Å². The molecule has 0 atom stereocenters. The molecule has 4 aliphatic rings. The Morgan fingerprint density at radius 2 is 1.54 bits per heavy atom. The van der Waals surface area contributed by atoms with Gasteiger partial charge in [-0.15, -0.1) is 0 Å². The number of anilines is 1. The SMILES string of the molecule is CC(C)(C)OC(=O)NS(=O)(=O)NC12CCC(c3ccc(NC(=O)N4Cc5ccc(F)cc5C4)cc3)(CC1)CC2. The van der Waals surface area contributed by atoms with Crippen LogP contribution in [0.2, 0.25) is 0 Å². The molecule has 3 amide bonds. The van der Waals surface area contributed by atoms with Gasteiger partial charge in [-0.05, 0) is 106 Å². The molecule has 6 rings (SSSR count). The second-order valence-electron chi connectivity index (χ2n) is 12.0. The molecule has 9 nitrogen and oxygen atoms in total. The molecular formula is C28H35FN4O5S. The van der Waals surface area contributed by atoms with Crippen molar-refractivity contribution in [3.05, 3.63) is 65.0 Å². The van der Waals surface area contributed by atoms with Crippen LogP contribution in [-0.4, -0.2) is 36.6 Å². The number of benzene rings is 2. The van der Waals surface area contributed by atoms with E-state index < -0.39 is 27.4 Å². The first-order valence-corrected chi connectivity index (χ1v) is 14.7. The lowest BCUT2D eigenvalue weighted by Gasteiger charge is -2.53. The first-order chi connectivity index (χ1) is 18.3. The maximum absolute atomic E-state index is 13.5. The van der Waals surface area contributed by atoms with Gasteiger partial charge in [-0.1, -0.05) is 18.2 Å². The number of hydrogen-bond donors (Lipinski definition) is 3. The average Bonchev–Trinajstić information content (AvgIpc) is 3.27. The molecule has 39 heavy (non-hydrogen) atoms. The van der Waals surface area contributed by atoms with E-state index in [0.29, 0.717) is 38.0 Å². The van der Waals surface area contributed by atoms with Crippen molar-refractivity contribution in [3.63, 3.8) is 0 Å². The van der Waals surface area contributed by atoms with Gasteiger partial charge in [0.1, 0.15) is 11.4 Å². The van der Waals surface area contributed by atoms with Gasteiger partial charge in [0.05, 0.1) is 0 Å². The highest BCUT2D eigenvalue weighted by atomic mass is 32.2. The molecule has 2 aromatic carbocycles. The smallest absolute Gasteiger partial charge is 0.422 e. The topological polar surface area (TPSA) is 117 Å². The van der Waals surface area contributed by atoms with Gasteiger partial charge in [-0.25, -0.2) is 18.7 Å². The quantitative estimate of drug-likeness (QED) is 0.473. The van der Waals surface area contributed by atoms with Crippen molar-refractivity contribution in [1.29, 1.82) is 0 Å². The van der Waals surface area contributed by atoms with Crippen molar-refractivity contribution in [1.82, 2.24) is 14.3 Å². The van der Waals surface area contributed by atoms with Crippen LogP contribution in [-0.2, 0) is 33.5 Å². The monoisotopic (exact) mass is 558 g/mol. The Hall–Kier alpha value is -3.18. The lowest BCUT2D eigenvalue weighted by Crippen LogP contribution is -2.60. The van der Waals surface area contributed by atoms with E-state index in [1.54, 1.807) is 31.7 Å². The summed E-state index contributed by atoms with van der Waals surface area (Å²) < 4.78 is 48.6. The Bertz CT molecular complexity index is 1360. The molecule has 1 heterocycles. The molecule has 0 radical (unpaired) electrons. The Labute approximate surface area is 228 Å². The fraction of sp³-hybridized carbons (Fsp3) is 0.500. The highest BCUT2D eigenvalue weighted by Gasteiger charge is 2.51. The number of rotatable bonds is 5. The van der Waals surface area contributed by atoms with E-state index in [-0.39, 0.29) is 17.3 Å². The van der Waals surface area contributed by atoms with Gasteiger partial charge >= 0.3 is 22.3 Å². The molecule has 2 aromatic rings. The Kier molecular flexibility index (Phi) is 6.87. The number of amides is 3. The van der Waals surface area contributed by atoms with E-state index in [4.69, 9.17) is 4.74 Å². The number of carbonyl (C=O) groups excluding carboxylic acids is 2. The van der Waals surface area contributed by atoms with Crippen molar-refractivity contribution in [3.8, 4) is 0 Å². The van der Waals surface area contributed by atoms with Crippen LogP contribution in [0, 0.1) is 5.82 Å². The molecule has 3 fully saturated rings. The van der Waals surface area contributed by atoms with E-state index in [1.165, 1.54) is 17.7 Å². The van der Waals surface area contributed by atoms with Crippen molar-refractivity contribution in [2.45, 2.75) is 88.9 Å². The van der Waals surface area contributed by atoms with Gasteiger partial charge in [0, 0.05) is 24.3 Å². The third-order valence-electron chi connectivity index (χ3n) is 8.14. The van der Waals surface area contributed by atoms with Crippen LogP contribution in [0.3, 0.4) is 0 Å². The van der Waals surface area contributed by atoms with Gasteiger partial charge < -0.3 is 15.0 Å². The summed E-state index contributed by atoms with van der Waals surface area (Å²) in [6.45, 7) is 5.83. The largest absolute Gasteiger partial charge is 0.443 e. The third-order valence-corrected chi connectivity index (χ3v) is 9.28. The minimum Gasteiger partial charge on any atom is -0.443 e. The fourth-order valence-corrected chi connectivity index (χ4v) is 7.30. The number of urea groups is 1. The van der Waals surface area contributed by atoms with E-state index >= 15 is 0 Å². The van der Waals surface area contributed by atoms with Crippen molar-refractivity contribution < 1.29 is 27.1 Å². The van der Waals surface area contributed by atoms with Crippen LogP contribution in [0.25, 0.3) is 0 Å². The maximum Gasteiger partial charge on any atom is 0.422 e. The van der Waals surface area contributed by atoms with Crippen LogP contribution in [0.15, 0.2) is 42.5 Å². The first kappa shape index (κ1) is 27.4. The predicted molar refractivity (Wildman–Crippen MR) is 145 cm³/mol. The summed E-state index contributed by atoms with van der Waals surface area (Å²) in [6, 6.07) is 12.2. The number of fused-ring (bicyclic) bond motifs is 4.